The summed E-state index contributed by atoms with van der Waals surface area (Å²) in [5, 5.41) is 0. The SMILES string of the molecule is O=S(=O)(Nc1cnc(Oc2ccccc2)nc1)c1cc(F)cc(F)c1. The van der Waals surface area contributed by atoms with Gasteiger partial charge in [-0.25, -0.2) is 27.2 Å². The smallest absolute Gasteiger partial charge is 0.322 e. The van der Waals surface area contributed by atoms with Crippen LogP contribution in [-0.4, -0.2) is 18.4 Å². The Hall–Kier alpha value is -3.07. The van der Waals surface area contributed by atoms with Gasteiger partial charge in [0.05, 0.1) is 23.0 Å². The van der Waals surface area contributed by atoms with Gasteiger partial charge in [0.2, 0.25) is 0 Å². The Morgan fingerprint density at radius 2 is 1.52 bits per heavy atom. The van der Waals surface area contributed by atoms with Crippen molar-refractivity contribution < 1.29 is 21.9 Å². The van der Waals surface area contributed by atoms with E-state index in [1.54, 1.807) is 24.3 Å². The molecule has 0 aliphatic heterocycles. The van der Waals surface area contributed by atoms with Crippen LogP contribution in [0.1, 0.15) is 0 Å². The predicted molar refractivity (Wildman–Crippen MR) is 85.7 cm³/mol. The number of para-hydroxylation sites is 1. The molecule has 2 aromatic carbocycles. The van der Waals surface area contributed by atoms with Gasteiger partial charge in [-0.05, 0) is 24.3 Å². The van der Waals surface area contributed by atoms with E-state index in [1.165, 1.54) is 12.4 Å². The van der Waals surface area contributed by atoms with Gasteiger partial charge in [-0.2, -0.15) is 0 Å². The molecule has 0 spiro atoms. The highest BCUT2D eigenvalue weighted by Crippen LogP contribution is 2.20. The molecule has 0 aliphatic rings. The Balaban J connectivity index is 1.76. The predicted octanol–water partition coefficient (Wildman–Crippen LogP) is 3.35. The van der Waals surface area contributed by atoms with Gasteiger partial charge in [-0.3, -0.25) is 4.72 Å². The largest absolute Gasteiger partial charge is 0.424 e. The molecule has 0 bridgehead atoms. The molecule has 0 aliphatic carbocycles. The summed E-state index contributed by atoms with van der Waals surface area (Å²) in [6.45, 7) is 0. The Labute approximate surface area is 142 Å². The minimum atomic E-state index is -4.18. The van der Waals surface area contributed by atoms with Crippen molar-refractivity contribution in [3.05, 3.63) is 72.6 Å². The van der Waals surface area contributed by atoms with Crippen molar-refractivity contribution in [1.29, 1.82) is 0 Å². The van der Waals surface area contributed by atoms with Gasteiger partial charge in [-0.1, -0.05) is 18.2 Å². The molecule has 0 amide bonds. The average Bonchev–Trinajstić information content (AvgIpc) is 2.56. The molecule has 0 atom stereocenters. The van der Waals surface area contributed by atoms with Crippen LogP contribution in [-0.2, 0) is 10.0 Å². The third-order valence-corrected chi connectivity index (χ3v) is 4.34. The molecule has 0 fully saturated rings. The monoisotopic (exact) mass is 363 g/mol. The van der Waals surface area contributed by atoms with Crippen molar-refractivity contribution in [1.82, 2.24) is 9.97 Å². The molecule has 3 rings (SSSR count). The maximum Gasteiger partial charge on any atom is 0.322 e. The Kier molecular flexibility index (Phi) is 4.57. The number of rotatable bonds is 5. The number of nitrogens with zero attached hydrogens (tertiary/aromatic N) is 2. The van der Waals surface area contributed by atoms with E-state index in [0.717, 1.165) is 0 Å². The van der Waals surface area contributed by atoms with E-state index in [0.29, 0.717) is 23.9 Å². The molecule has 0 saturated heterocycles. The standard InChI is InChI=1S/C16H11F2N3O3S/c17-11-6-12(18)8-15(7-11)25(22,23)21-13-9-19-16(20-10-13)24-14-4-2-1-3-5-14/h1-10,21H. The lowest BCUT2D eigenvalue weighted by atomic mass is 10.3. The summed E-state index contributed by atoms with van der Waals surface area (Å²) in [6.07, 6.45) is 2.36. The molecule has 25 heavy (non-hydrogen) atoms. The maximum atomic E-state index is 13.2. The third-order valence-electron chi connectivity index (χ3n) is 2.98. The summed E-state index contributed by atoms with van der Waals surface area (Å²) < 4.78 is 58.2. The number of nitrogens with one attached hydrogen (secondary N) is 1. The number of hydrogen-bond acceptors (Lipinski definition) is 5. The van der Waals surface area contributed by atoms with Gasteiger partial charge < -0.3 is 4.74 Å². The first kappa shape index (κ1) is 16.8. The second-order valence-corrected chi connectivity index (χ2v) is 6.56. The summed E-state index contributed by atoms with van der Waals surface area (Å²) in [5.74, 6) is -1.47. The number of benzene rings is 2. The zero-order valence-electron chi connectivity index (χ0n) is 12.6. The second-order valence-electron chi connectivity index (χ2n) is 4.88. The number of sulfonamides is 1. The van der Waals surface area contributed by atoms with Crippen molar-refractivity contribution in [3.63, 3.8) is 0 Å². The van der Waals surface area contributed by atoms with Crippen molar-refractivity contribution >= 4 is 15.7 Å². The van der Waals surface area contributed by atoms with E-state index in [4.69, 9.17) is 4.74 Å². The minimum Gasteiger partial charge on any atom is -0.424 e. The zero-order valence-corrected chi connectivity index (χ0v) is 13.4. The second kappa shape index (κ2) is 6.81. The molecule has 128 valence electrons. The maximum absolute atomic E-state index is 13.2. The Morgan fingerprint density at radius 3 is 2.12 bits per heavy atom. The van der Waals surface area contributed by atoms with Crippen LogP contribution >= 0.6 is 0 Å². The van der Waals surface area contributed by atoms with Crippen molar-refractivity contribution in [2.24, 2.45) is 0 Å². The number of ether oxygens (including phenoxy) is 1. The highest BCUT2D eigenvalue weighted by Gasteiger charge is 2.17. The van der Waals surface area contributed by atoms with E-state index in [9.17, 15) is 17.2 Å². The molecule has 0 radical (unpaired) electrons. The molecular formula is C16H11F2N3O3S. The molecule has 3 aromatic rings. The highest BCUT2D eigenvalue weighted by atomic mass is 32.2. The lowest BCUT2D eigenvalue weighted by Gasteiger charge is -2.08. The van der Waals surface area contributed by atoms with E-state index in [-0.39, 0.29) is 11.7 Å². The molecule has 1 aromatic heterocycles. The Morgan fingerprint density at radius 1 is 0.920 bits per heavy atom. The van der Waals surface area contributed by atoms with E-state index < -0.39 is 26.6 Å². The van der Waals surface area contributed by atoms with Crippen LogP contribution in [0.3, 0.4) is 0 Å². The van der Waals surface area contributed by atoms with E-state index >= 15 is 0 Å². The summed E-state index contributed by atoms with van der Waals surface area (Å²) in [5.41, 5.74) is 0.0186. The first-order chi connectivity index (χ1) is 11.9. The van der Waals surface area contributed by atoms with Gasteiger partial charge in [0.25, 0.3) is 10.0 Å². The van der Waals surface area contributed by atoms with Crippen LogP contribution in [0.4, 0.5) is 14.5 Å². The number of hydrogen-bond donors (Lipinski definition) is 1. The highest BCUT2D eigenvalue weighted by molar-refractivity contribution is 7.92. The zero-order chi connectivity index (χ0) is 17.9. The number of halogens is 2. The van der Waals surface area contributed by atoms with E-state index in [1.807, 2.05) is 6.07 Å². The summed E-state index contributed by atoms with van der Waals surface area (Å²) in [6, 6.07) is 10.8. The van der Waals surface area contributed by atoms with E-state index in [2.05, 4.69) is 14.7 Å². The molecule has 6 nitrogen and oxygen atoms in total. The Bertz CT molecular complexity index is 961. The van der Waals surface area contributed by atoms with Crippen LogP contribution in [0, 0.1) is 11.6 Å². The lowest BCUT2D eigenvalue weighted by Crippen LogP contribution is -2.14. The lowest BCUT2D eigenvalue weighted by molar-refractivity contribution is 0.442. The molecule has 0 saturated carbocycles. The third kappa shape index (κ3) is 4.27. The van der Waals surface area contributed by atoms with Crippen molar-refractivity contribution in [2.45, 2.75) is 4.90 Å². The number of anilines is 1. The fourth-order valence-corrected chi connectivity index (χ4v) is 2.98. The normalized spacial score (nSPS) is 11.1. The first-order valence-electron chi connectivity index (χ1n) is 6.96. The number of aromatic nitrogens is 2. The molecule has 1 heterocycles. The van der Waals surface area contributed by atoms with Crippen molar-refractivity contribution in [2.75, 3.05) is 4.72 Å². The van der Waals surface area contributed by atoms with Crippen LogP contribution in [0.5, 0.6) is 11.8 Å². The van der Waals surface area contributed by atoms with Gasteiger partial charge >= 0.3 is 6.01 Å². The summed E-state index contributed by atoms with van der Waals surface area (Å²) in [7, 11) is -4.18. The molecule has 0 unspecified atom stereocenters. The minimum absolute atomic E-state index is 0.0186. The molecule has 9 heteroatoms. The average molecular weight is 363 g/mol. The fraction of sp³-hybridized carbons (Fsp3) is 0. The van der Waals surface area contributed by atoms with Crippen LogP contribution in [0.2, 0.25) is 0 Å². The molecule has 1 N–H and O–H groups in total. The van der Waals surface area contributed by atoms with Gasteiger partial charge in [0.15, 0.2) is 0 Å². The van der Waals surface area contributed by atoms with Crippen molar-refractivity contribution in [3.8, 4) is 11.8 Å². The van der Waals surface area contributed by atoms with Crippen LogP contribution in [0.25, 0.3) is 0 Å². The summed E-state index contributed by atoms with van der Waals surface area (Å²) >= 11 is 0. The van der Waals surface area contributed by atoms with Crippen LogP contribution in [0.15, 0.2) is 65.8 Å². The quantitative estimate of drug-likeness (QED) is 0.752. The van der Waals surface area contributed by atoms with Crippen LogP contribution < -0.4 is 9.46 Å². The first-order valence-corrected chi connectivity index (χ1v) is 8.44. The summed E-state index contributed by atoms with van der Waals surface area (Å²) in [4.78, 5) is 7.21. The van der Waals surface area contributed by atoms with Gasteiger partial charge in [-0.15, -0.1) is 0 Å². The van der Waals surface area contributed by atoms with Gasteiger partial charge in [0, 0.05) is 6.07 Å². The fourth-order valence-electron chi connectivity index (χ4n) is 1.91. The van der Waals surface area contributed by atoms with Gasteiger partial charge in [0.1, 0.15) is 17.4 Å². The molecular weight excluding hydrogens is 352 g/mol. The topological polar surface area (TPSA) is 81.2 Å².